The van der Waals surface area contributed by atoms with Crippen LogP contribution in [0.5, 0.6) is 0 Å². The number of rotatable bonds is 3. The maximum Gasteiger partial charge on any atom is 0.297 e. The van der Waals surface area contributed by atoms with Crippen LogP contribution in [0.1, 0.15) is 50.5 Å². The summed E-state index contributed by atoms with van der Waals surface area (Å²) in [5.41, 5.74) is 1.58. The predicted molar refractivity (Wildman–Crippen MR) is 78.0 cm³/mol. The van der Waals surface area contributed by atoms with Crippen LogP contribution in [-0.4, -0.2) is 14.5 Å². The summed E-state index contributed by atoms with van der Waals surface area (Å²) in [6.45, 7) is 1.94. The summed E-state index contributed by atoms with van der Waals surface area (Å²) in [6.07, 6.45) is 7.87. The minimum atomic E-state index is -3.60. The molecule has 1 aromatic carbocycles. The molecule has 0 aliphatic heterocycles. The molecule has 3 rings (SSSR count). The Hall–Kier alpha value is -0.870. The Morgan fingerprint density at radius 2 is 1.65 bits per heavy atom. The van der Waals surface area contributed by atoms with Gasteiger partial charge in [-0.25, -0.2) is 0 Å². The lowest BCUT2D eigenvalue weighted by molar-refractivity contribution is 0.0256. The molecule has 0 N–H and O–H groups in total. The Balaban J connectivity index is 1.63. The van der Waals surface area contributed by atoms with E-state index in [9.17, 15) is 8.42 Å². The smallest absolute Gasteiger partial charge is 0.263 e. The van der Waals surface area contributed by atoms with E-state index in [1.807, 2.05) is 6.92 Å². The van der Waals surface area contributed by atoms with Gasteiger partial charge in [0.25, 0.3) is 10.1 Å². The predicted octanol–water partition coefficient (Wildman–Crippen LogP) is 3.81. The third kappa shape index (κ3) is 2.77. The second-order valence-electron chi connectivity index (χ2n) is 6.42. The Morgan fingerprint density at radius 3 is 2.15 bits per heavy atom. The van der Waals surface area contributed by atoms with Crippen molar-refractivity contribution in [2.75, 3.05) is 0 Å². The van der Waals surface area contributed by atoms with E-state index in [-0.39, 0.29) is 11.0 Å². The van der Waals surface area contributed by atoms with Crippen LogP contribution in [0.15, 0.2) is 29.2 Å². The highest BCUT2D eigenvalue weighted by atomic mass is 32.2. The fourth-order valence-corrected chi connectivity index (χ4v) is 4.55. The molecule has 1 spiro atoms. The normalized spacial score (nSPS) is 22.6. The van der Waals surface area contributed by atoms with E-state index < -0.39 is 10.1 Å². The van der Waals surface area contributed by atoms with E-state index in [4.69, 9.17) is 4.18 Å². The second kappa shape index (κ2) is 5.15. The number of hydrogen-bond donors (Lipinski definition) is 0. The van der Waals surface area contributed by atoms with Crippen molar-refractivity contribution in [2.45, 2.75) is 62.9 Å². The first-order valence-electron chi connectivity index (χ1n) is 7.49. The highest BCUT2D eigenvalue weighted by molar-refractivity contribution is 7.86. The minimum Gasteiger partial charge on any atom is -0.263 e. The van der Waals surface area contributed by atoms with Gasteiger partial charge in [0.15, 0.2) is 0 Å². The average Bonchev–Trinajstić information content (AvgIpc) is 2.38. The van der Waals surface area contributed by atoms with Gasteiger partial charge in [-0.2, -0.15) is 8.42 Å². The topological polar surface area (TPSA) is 43.4 Å². The van der Waals surface area contributed by atoms with Crippen molar-refractivity contribution in [2.24, 2.45) is 5.41 Å². The zero-order chi connectivity index (χ0) is 14.2. The Morgan fingerprint density at radius 1 is 1.05 bits per heavy atom. The first-order valence-corrected chi connectivity index (χ1v) is 8.90. The first kappa shape index (κ1) is 14.1. The molecular formula is C16H22O3S. The summed E-state index contributed by atoms with van der Waals surface area (Å²) in [7, 11) is -3.60. The molecule has 2 fully saturated rings. The van der Waals surface area contributed by atoms with E-state index in [1.165, 1.54) is 19.3 Å². The van der Waals surface area contributed by atoms with Gasteiger partial charge in [0.05, 0.1) is 11.0 Å². The number of hydrogen-bond acceptors (Lipinski definition) is 3. The van der Waals surface area contributed by atoms with Crippen molar-refractivity contribution >= 4 is 10.1 Å². The van der Waals surface area contributed by atoms with Crippen LogP contribution in [0, 0.1) is 12.3 Å². The zero-order valence-corrected chi connectivity index (χ0v) is 12.8. The van der Waals surface area contributed by atoms with Crippen molar-refractivity contribution in [3.8, 4) is 0 Å². The fourth-order valence-electron chi connectivity index (χ4n) is 3.42. The van der Waals surface area contributed by atoms with Gasteiger partial charge in [0.2, 0.25) is 0 Å². The minimum absolute atomic E-state index is 0.132. The van der Waals surface area contributed by atoms with E-state index in [0.717, 1.165) is 31.2 Å². The van der Waals surface area contributed by atoms with E-state index in [1.54, 1.807) is 24.3 Å². The number of benzene rings is 1. The van der Waals surface area contributed by atoms with Gasteiger partial charge in [-0.1, -0.05) is 24.1 Å². The first-order chi connectivity index (χ1) is 9.49. The third-order valence-electron chi connectivity index (χ3n) is 4.98. The standard InChI is InChI=1S/C16H22O3S/c1-13-3-5-15(6-4-13)20(17,18)19-14-7-11-16(12-8-14)9-2-10-16/h3-6,14H,2,7-12H2,1H3. The van der Waals surface area contributed by atoms with Crippen LogP contribution in [0.25, 0.3) is 0 Å². The van der Waals surface area contributed by atoms with E-state index in [2.05, 4.69) is 0 Å². The summed E-state index contributed by atoms with van der Waals surface area (Å²) in [4.78, 5) is 0.270. The highest BCUT2D eigenvalue weighted by Crippen LogP contribution is 2.52. The van der Waals surface area contributed by atoms with Crippen LogP contribution in [0.3, 0.4) is 0 Å². The van der Waals surface area contributed by atoms with Gasteiger partial charge in [-0.3, -0.25) is 4.18 Å². The molecule has 0 bridgehead atoms. The van der Waals surface area contributed by atoms with Crippen molar-refractivity contribution in [3.63, 3.8) is 0 Å². The molecule has 1 aromatic rings. The molecule has 0 unspecified atom stereocenters. The molecule has 20 heavy (non-hydrogen) atoms. The summed E-state index contributed by atoms with van der Waals surface area (Å²) < 4.78 is 29.9. The Bertz CT molecular complexity index is 560. The quantitative estimate of drug-likeness (QED) is 0.796. The Kier molecular flexibility index (Phi) is 3.63. The molecule has 2 saturated carbocycles. The number of aryl methyl sites for hydroxylation is 1. The summed E-state index contributed by atoms with van der Waals surface area (Å²) >= 11 is 0. The summed E-state index contributed by atoms with van der Waals surface area (Å²) in [5.74, 6) is 0. The molecular weight excluding hydrogens is 272 g/mol. The molecule has 0 saturated heterocycles. The molecule has 3 nitrogen and oxygen atoms in total. The molecule has 0 heterocycles. The SMILES string of the molecule is Cc1ccc(S(=O)(=O)OC2CCC3(CCC3)CC2)cc1. The van der Waals surface area contributed by atoms with E-state index >= 15 is 0 Å². The van der Waals surface area contributed by atoms with Crippen molar-refractivity contribution in [1.82, 2.24) is 0 Å². The van der Waals surface area contributed by atoms with Crippen LogP contribution in [0.2, 0.25) is 0 Å². The van der Waals surface area contributed by atoms with E-state index in [0.29, 0.717) is 5.41 Å². The van der Waals surface area contributed by atoms with Crippen LogP contribution in [0.4, 0.5) is 0 Å². The van der Waals surface area contributed by atoms with Gasteiger partial charge < -0.3 is 0 Å². The van der Waals surface area contributed by atoms with Gasteiger partial charge >= 0.3 is 0 Å². The second-order valence-corrected chi connectivity index (χ2v) is 7.99. The van der Waals surface area contributed by atoms with Crippen molar-refractivity contribution < 1.29 is 12.6 Å². The lowest BCUT2D eigenvalue weighted by Crippen LogP contribution is -2.36. The van der Waals surface area contributed by atoms with Gasteiger partial charge in [-0.15, -0.1) is 0 Å². The molecule has 2 aliphatic rings. The molecule has 4 heteroatoms. The van der Waals surface area contributed by atoms with Gasteiger partial charge in [0, 0.05) is 0 Å². The molecule has 110 valence electrons. The van der Waals surface area contributed by atoms with Crippen LogP contribution < -0.4 is 0 Å². The van der Waals surface area contributed by atoms with Crippen molar-refractivity contribution in [1.29, 1.82) is 0 Å². The van der Waals surface area contributed by atoms with Crippen LogP contribution in [-0.2, 0) is 14.3 Å². The monoisotopic (exact) mass is 294 g/mol. The Labute approximate surface area is 121 Å². The third-order valence-corrected chi connectivity index (χ3v) is 6.35. The maximum absolute atomic E-state index is 12.2. The summed E-state index contributed by atoms with van der Waals surface area (Å²) in [6, 6.07) is 6.86. The largest absolute Gasteiger partial charge is 0.297 e. The summed E-state index contributed by atoms with van der Waals surface area (Å²) in [5, 5.41) is 0. The zero-order valence-electron chi connectivity index (χ0n) is 12.0. The lowest BCUT2D eigenvalue weighted by Gasteiger charge is -2.46. The fraction of sp³-hybridized carbons (Fsp3) is 0.625. The average molecular weight is 294 g/mol. The molecule has 0 atom stereocenters. The van der Waals surface area contributed by atoms with Gasteiger partial charge in [0.1, 0.15) is 0 Å². The molecule has 2 aliphatic carbocycles. The van der Waals surface area contributed by atoms with Crippen LogP contribution >= 0.6 is 0 Å². The molecule has 0 aromatic heterocycles. The lowest BCUT2D eigenvalue weighted by atomic mass is 9.60. The molecule has 0 radical (unpaired) electrons. The van der Waals surface area contributed by atoms with Gasteiger partial charge in [-0.05, 0) is 63.0 Å². The van der Waals surface area contributed by atoms with Crippen molar-refractivity contribution in [3.05, 3.63) is 29.8 Å². The molecule has 0 amide bonds. The highest BCUT2D eigenvalue weighted by Gasteiger charge is 2.41. The maximum atomic E-state index is 12.2.